The summed E-state index contributed by atoms with van der Waals surface area (Å²) in [7, 11) is 0. The average Bonchev–Trinajstić information content (AvgIpc) is 2.89. The maximum atomic E-state index is 12.3. The summed E-state index contributed by atoms with van der Waals surface area (Å²) in [4.78, 5) is 15.4. The van der Waals surface area contributed by atoms with E-state index in [1.165, 1.54) is 11.3 Å². The zero-order chi connectivity index (χ0) is 14.0. The van der Waals surface area contributed by atoms with E-state index in [2.05, 4.69) is 11.8 Å². The highest BCUT2D eigenvalue weighted by atomic mass is 32.1. The molecule has 1 aliphatic rings. The fourth-order valence-corrected chi connectivity index (χ4v) is 3.12. The van der Waals surface area contributed by atoms with E-state index in [0.717, 1.165) is 10.4 Å². The van der Waals surface area contributed by atoms with E-state index in [1.54, 1.807) is 11.8 Å². The second-order valence-corrected chi connectivity index (χ2v) is 6.11. The molecule has 2 heterocycles. The van der Waals surface area contributed by atoms with Crippen LogP contribution >= 0.6 is 11.3 Å². The predicted molar refractivity (Wildman–Crippen MR) is 74.2 cm³/mol. The number of thiophene rings is 1. The highest BCUT2D eigenvalue weighted by Gasteiger charge is 2.34. The Morgan fingerprint density at radius 1 is 1.63 bits per heavy atom. The summed E-state index contributed by atoms with van der Waals surface area (Å²) in [5, 5.41) is 18.6. The number of amides is 1. The Kier molecular flexibility index (Phi) is 3.95. The number of nitrogens with zero attached hydrogens (tertiary/aromatic N) is 1. The van der Waals surface area contributed by atoms with Crippen LogP contribution in [-0.4, -0.2) is 46.3 Å². The molecule has 1 aliphatic heterocycles. The molecule has 5 heteroatoms. The first-order valence-electron chi connectivity index (χ1n) is 6.15. The van der Waals surface area contributed by atoms with E-state index in [9.17, 15) is 9.90 Å². The molecule has 1 fully saturated rings. The lowest BCUT2D eigenvalue weighted by molar-refractivity contribution is 0.0575. The van der Waals surface area contributed by atoms with Crippen molar-refractivity contribution >= 4 is 17.2 Å². The first-order valence-corrected chi connectivity index (χ1v) is 6.96. The number of hydrogen-bond acceptors (Lipinski definition) is 4. The van der Waals surface area contributed by atoms with Crippen LogP contribution in [0.4, 0.5) is 0 Å². The third kappa shape index (κ3) is 3.16. The topological polar surface area (TPSA) is 60.8 Å². The Bertz CT molecular complexity index is 551. The van der Waals surface area contributed by atoms with Gasteiger partial charge < -0.3 is 15.1 Å². The molecule has 2 N–H and O–H groups in total. The van der Waals surface area contributed by atoms with Crippen LogP contribution in [0.1, 0.15) is 33.5 Å². The van der Waals surface area contributed by atoms with Gasteiger partial charge in [-0.3, -0.25) is 4.79 Å². The zero-order valence-corrected chi connectivity index (χ0v) is 11.9. The lowest BCUT2D eigenvalue weighted by atomic mass is 10.1. The Morgan fingerprint density at radius 2 is 2.37 bits per heavy atom. The van der Waals surface area contributed by atoms with Gasteiger partial charge in [-0.1, -0.05) is 11.8 Å². The molecule has 1 atom stereocenters. The lowest BCUT2D eigenvalue weighted by Crippen LogP contribution is -2.33. The van der Waals surface area contributed by atoms with Crippen molar-refractivity contribution in [3.05, 3.63) is 21.4 Å². The van der Waals surface area contributed by atoms with Gasteiger partial charge in [-0.05, 0) is 31.9 Å². The maximum Gasteiger partial charge on any atom is 0.264 e. The number of β-amino-alcohol motifs (C(OH)–C–C–N with tert-alkyl or cyclic N) is 1. The van der Waals surface area contributed by atoms with E-state index < -0.39 is 5.60 Å². The normalized spacial score (nSPS) is 22.2. The van der Waals surface area contributed by atoms with Gasteiger partial charge in [0.1, 0.15) is 6.61 Å². The number of aliphatic hydroxyl groups is 2. The molecule has 1 saturated heterocycles. The maximum absolute atomic E-state index is 12.3. The van der Waals surface area contributed by atoms with E-state index in [4.69, 9.17) is 5.11 Å². The van der Waals surface area contributed by atoms with Crippen molar-refractivity contribution in [1.29, 1.82) is 0 Å². The number of hydrogen-bond donors (Lipinski definition) is 2. The van der Waals surface area contributed by atoms with Crippen LogP contribution in [0.2, 0.25) is 0 Å². The van der Waals surface area contributed by atoms with Crippen molar-refractivity contribution in [2.75, 3.05) is 19.7 Å². The largest absolute Gasteiger partial charge is 0.388 e. The zero-order valence-electron chi connectivity index (χ0n) is 11.1. The van der Waals surface area contributed by atoms with Crippen molar-refractivity contribution in [2.45, 2.75) is 25.9 Å². The highest BCUT2D eigenvalue weighted by Crippen LogP contribution is 2.26. The van der Waals surface area contributed by atoms with Gasteiger partial charge in [-0.15, -0.1) is 11.3 Å². The van der Waals surface area contributed by atoms with Gasteiger partial charge in [0.15, 0.2) is 0 Å². The summed E-state index contributed by atoms with van der Waals surface area (Å²) in [5.41, 5.74) is 0.168. The molecule has 102 valence electrons. The van der Waals surface area contributed by atoms with Gasteiger partial charge in [0, 0.05) is 13.1 Å². The standard InChI is InChI=1S/C14H17NO3S/c1-10-8-12(19-11(10)4-3-7-16)13(17)15-6-5-14(2,18)9-15/h8,16,18H,5-7,9H2,1-2H3. The first kappa shape index (κ1) is 14.1. The minimum atomic E-state index is -0.776. The minimum absolute atomic E-state index is 0.0528. The summed E-state index contributed by atoms with van der Waals surface area (Å²) < 4.78 is 0. The molecule has 2 rings (SSSR count). The highest BCUT2D eigenvalue weighted by molar-refractivity contribution is 7.14. The van der Waals surface area contributed by atoms with Gasteiger partial charge in [-0.25, -0.2) is 0 Å². The van der Waals surface area contributed by atoms with E-state index >= 15 is 0 Å². The number of aryl methyl sites for hydroxylation is 1. The average molecular weight is 279 g/mol. The molecule has 0 bridgehead atoms. The van der Waals surface area contributed by atoms with Crippen LogP contribution in [0.3, 0.4) is 0 Å². The fourth-order valence-electron chi connectivity index (χ4n) is 2.11. The summed E-state index contributed by atoms with van der Waals surface area (Å²) >= 11 is 1.34. The molecule has 1 aromatic heterocycles. The lowest BCUT2D eigenvalue weighted by Gasteiger charge is -2.18. The summed E-state index contributed by atoms with van der Waals surface area (Å²) in [6.07, 6.45) is 0.611. The molecular weight excluding hydrogens is 262 g/mol. The third-order valence-electron chi connectivity index (χ3n) is 3.15. The second kappa shape index (κ2) is 5.33. The number of rotatable bonds is 1. The number of carbonyl (C=O) groups is 1. The minimum Gasteiger partial charge on any atom is -0.388 e. The summed E-state index contributed by atoms with van der Waals surface area (Å²) in [5.74, 6) is 5.38. The van der Waals surface area contributed by atoms with Crippen molar-refractivity contribution in [3.63, 3.8) is 0 Å². The van der Waals surface area contributed by atoms with E-state index in [1.807, 2.05) is 13.0 Å². The van der Waals surface area contributed by atoms with E-state index in [-0.39, 0.29) is 12.5 Å². The monoisotopic (exact) mass is 279 g/mol. The second-order valence-electron chi connectivity index (χ2n) is 5.06. The fraction of sp³-hybridized carbons (Fsp3) is 0.500. The third-order valence-corrected chi connectivity index (χ3v) is 4.29. The van der Waals surface area contributed by atoms with Gasteiger partial charge in [0.2, 0.25) is 0 Å². The quantitative estimate of drug-likeness (QED) is 0.754. The van der Waals surface area contributed by atoms with Crippen molar-refractivity contribution in [3.8, 4) is 11.8 Å². The molecule has 1 unspecified atom stereocenters. The van der Waals surface area contributed by atoms with Gasteiger partial charge >= 0.3 is 0 Å². The molecule has 19 heavy (non-hydrogen) atoms. The molecular formula is C14H17NO3S. The van der Waals surface area contributed by atoms with Crippen molar-refractivity contribution in [1.82, 2.24) is 4.90 Å². The number of likely N-dealkylation sites (tertiary alicyclic amines) is 1. The van der Waals surface area contributed by atoms with Gasteiger partial charge in [0.05, 0.1) is 15.4 Å². The SMILES string of the molecule is Cc1cc(C(=O)N2CCC(C)(O)C2)sc1C#CCO. The van der Waals surface area contributed by atoms with Crippen molar-refractivity contribution < 1.29 is 15.0 Å². The van der Waals surface area contributed by atoms with E-state index in [0.29, 0.717) is 24.4 Å². The molecule has 0 aliphatic carbocycles. The smallest absolute Gasteiger partial charge is 0.264 e. The summed E-state index contributed by atoms with van der Waals surface area (Å²) in [6.45, 7) is 4.42. The molecule has 1 amide bonds. The molecule has 0 radical (unpaired) electrons. The molecule has 0 spiro atoms. The molecule has 0 aromatic carbocycles. The first-order chi connectivity index (χ1) is 8.93. The molecule has 4 nitrogen and oxygen atoms in total. The number of aliphatic hydroxyl groups excluding tert-OH is 1. The van der Waals surface area contributed by atoms with Gasteiger partial charge in [0.25, 0.3) is 5.91 Å². The van der Waals surface area contributed by atoms with Crippen LogP contribution in [0.15, 0.2) is 6.07 Å². The Labute approximate surface area is 116 Å². The van der Waals surface area contributed by atoms with Crippen LogP contribution in [0.5, 0.6) is 0 Å². The Hall–Kier alpha value is -1.35. The number of carbonyl (C=O) groups excluding carboxylic acids is 1. The van der Waals surface area contributed by atoms with Crippen LogP contribution in [-0.2, 0) is 0 Å². The van der Waals surface area contributed by atoms with Gasteiger partial charge in [-0.2, -0.15) is 0 Å². The van der Waals surface area contributed by atoms with Crippen LogP contribution in [0.25, 0.3) is 0 Å². The van der Waals surface area contributed by atoms with Crippen molar-refractivity contribution in [2.24, 2.45) is 0 Å². The Morgan fingerprint density at radius 3 is 2.95 bits per heavy atom. The van der Waals surface area contributed by atoms with Crippen LogP contribution < -0.4 is 0 Å². The Balaban J connectivity index is 2.17. The molecule has 1 aromatic rings. The van der Waals surface area contributed by atoms with Crippen LogP contribution in [0, 0.1) is 18.8 Å². The molecule has 0 saturated carbocycles. The summed E-state index contributed by atoms with van der Waals surface area (Å²) in [6, 6.07) is 1.82. The predicted octanol–water partition coefficient (Wildman–Crippen LogP) is 0.997.